The van der Waals surface area contributed by atoms with Crippen molar-refractivity contribution in [2.75, 3.05) is 13.7 Å². The number of fused-ring (bicyclic) bond motifs is 1. The molecule has 0 atom stereocenters. The summed E-state index contributed by atoms with van der Waals surface area (Å²) in [7, 11) is 3.45. The van der Waals surface area contributed by atoms with Gasteiger partial charge in [0.1, 0.15) is 17.1 Å². The van der Waals surface area contributed by atoms with Crippen LogP contribution in [0.15, 0.2) is 35.0 Å². The number of hydrogen-bond acceptors (Lipinski definition) is 7. The smallest absolute Gasteiger partial charge is 0.255 e. The Bertz CT molecular complexity index is 1240. The number of pyridine rings is 1. The molecule has 9 nitrogen and oxygen atoms in total. The van der Waals surface area contributed by atoms with Gasteiger partial charge >= 0.3 is 0 Å². The Hall–Kier alpha value is -3.75. The number of ether oxygens (including phenoxy) is 1. The molecule has 0 aliphatic heterocycles. The van der Waals surface area contributed by atoms with Crippen molar-refractivity contribution >= 4 is 16.9 Å². The molecule has 3 aromatic heterocycles. The number of hydrogen-bond donors (Lipinski definition) is 0. The molecule has 0 saturated carbocycles. The molecule has 0 N–H and O–H groups in total. The number of aromatic nitrogens is 5. The number of nitrogens with zero attached hydrogens (tertiary/aromatic N) is 6. The lowest BCUT2D eigenvalue weighted by Crippen LogP contribution is -2.31. The van der Waals surface area contributed by atoms with Gasteiger partial charge in [-0.3, -0.25) is 9.48 Å². The minimum atomic E-state index is -0.122. The van der Waals surface area contributed by atoms with Gasteiger partial charge in [-0.1, -0.05) is 10.3 Å². The van der Waals surface area contributed by atoms with Crippen molar-refractivity contribution in [3.63, 3.8) is 0 Å². The summed E-state index contributed by atoms with van der Waals surface area (Å²) in [6.45, 7) is 6.44. The monoisotopic (exact) mass is 420 g/mol. The Morgan fingerprint density at radius 2 is 1.90 bits per heavy atom. The minimum Gasteiger partial charge on any atom is -0.497 e. The van der Waals surface area contributed by atoms with Gasteiger partial charge < -0.3 is 9.64 Å². The highest BCUT2D eigenvalue weighted by molar-refractivity contribution is 6.07. The van der Waals surface area contributed by atoms with E-state index in [4.69, 9.17) is 14.3 Å². The number of benzene rings is 1. The van der Waals surface area contributed by atoms with Gasteiger partial charge in [0.15, 0.2) is 5.65 Å². The van der Waals surface area contributed by atoms with Gasteiger partial charge in [-0.25, -0.2) is 9.61 Å². The molecule has 0 aliphatic rings. The molecule has 9 heteroatoms. The summed E-state index contributed by atoms with van der Waals surface area (Å²) in [6.07, 6.45) is 0. The van der Waals surface area contributed by atoms with Crippen LogP contribution in [0.25, 0.3) is 22.3 Å². The average Bonchev–Trinajstić information content (AvgIpc) is 3.32. The van der Waals surface area contributed by atoms with Crippen LogP contribution in [0.2, 0.25) is 0 Å². The predicted octanol–water partition coefficient (Wildman–Crippen LogP) is 3.31. The minimum absolute atomic E-state index is 0.122. The molecule has 0 fully saturated rings. The van der Waals surface area contributed by atoms with Crippen molar-refractivity contribution in [2.24, 2.45) is 7.05 Å². The lowest BCUT2D eigenvalue weighted by atomic mass is 10.0. The van der Waals surface area contributed by atoms with E-state index < -0.39 is 0 Å². The van der Waals surface area contributed by atoms with Crippen LogP contribution in [0.5, 0.6) is 5.75 Å². The summed E-state index contributed by atoms with van der Waals surface area (Å²) in [5, 5.41) is 13.0. The molecular weight excluding hydrogens is 396 g/mol. The van der Waals surface area contributed by atoms with Gasteiger partial charge in [-0.05, 0) is 51.1 Å². The topological polar surface area (TPSA) is 99.2 Å². The molecule has 0 saturated heterocycles. The quantitative estimate of drug-likeness (QED) is 0.472. The second-order valence-corrected chi connectivity index (χ2v) is 7.31. The Morgan fingerprint density at radius 3 is 2.52 bits per heavy atom. The number of carbonyl (C=O) groups is 1. The molecule has 31 heavy (non-hydrogen) atoms. The molecular formula is C22H24N6O3. The average molecular weight is 420 g/mol. The first-order valence-electron chi connectivity index (χ1n) is 9.99. The van der Waals surface area contributed by atoms with E-state index in [0.29, 0.717) is 41.4 Å². The number of methoxy groups -OCH3 is 1. The summed E-state index contributed by atoms with van der Waals surface area (Å²) >= 11 is 0. The fourth-order valence-electron chi connectivity index (χ4n) is 3.59. The third-order valence-corrected chi connectivity index (χ3v) is 5.34. The maximum absolute atomic E-state index is 13.6. The van der Waals surface area contributed by atoms with E-state index in [-0.39, 0.29) is 5.91 Å². The van der Waals surface area contributed by atoms with Crippen LogP contribution in [0.4, 0.5) is 0 Å². The van der Waals surface area contributed by atoms with E-state index in [1.54, 1.807) is 16.7 Å². The normalized spacial score (nSPS) is 11.1. The number of aryl methyl sites for hydroxylation is 3. The maximum atomic E-state index is 13.6. The molecule has 1 amide bonds. The van der Waals surface area contributed by atoms with Crippen molar-refractivity contribution < 1.29 is 14.2 Å². The Morgan fingerprint density at radius 1 is 1.16 bits per heavy atom. The second kappa shape index (κ2) is 8.17. The van der Waals surface area contributed by atoms with E-state index in [2.05, 4.69) is 15.4 Å². The SMILES string of the molecule is CCN(Cc1nonc1C)C(=O)c1cc(-c2ccc(OC)cc2)nc2c1c(C)nn2C. The summed E-state index contributed by atoms with van der Waals surface area (Å²) in [5.41, 5.74) is 4.85. The first-order valence-corrected chi connectivity index (χ1v) is 9.99. The van der Waals surface area contributed by atoms with Crippen LogP contribution >= 0.6 is 0 Å². The Balaban J connectivity index is 1.82. The molecule has 0 spiro atoms. The summed E-state index contributed by atoms with van der Waals surface area (Å²) in [4.78, 5) is 20.1. The maximum Gasteiger partial charge on any atom is 0.255 e. The van der Waals surface area contributed by atoms with Crippen LogP contribution in [-0.4, -0.2) is 49.5 Å². The molecule has 3 heterocycles. The first-order chi connectivity index (χ1) is 14.9. The van der Waals surface area contributed by atoms with Crippen molar-refractivity contribution in [2.45, 2.75) is 27.3 Å². The third kappa shape index (κ3) is 3.74. The molecule has 4 aromatic rings. The lowest BCUT2D eigenvalue weighted by molar-refractivity contribution is 0.0750. The second-order valence-electron chi connectivity index (χ2n) is 7.31. The summed E-state index contributed by atoms with van der Waals surface area (Å²) in [5.74, 6) is 0.634. The van der Waals surface area contributed by atoms with E-state index in [0.717, 1.165) is 22.4 Å². The number of amides is 1. The molecule has 1 aromatic carbocycles. The molecule has 4 rings (SSSR count). The van der Waals surface area contributed by atoms with Crippen molar-refractivity contribution in [1.29, 1.82) is 0 Å². The van der Waals surface area contributed by atoms with Crippen LogP contribution < -0.4 is 4.74 Å². The first kappa shape index (κ1) is 20.5. The number of carbonyl (C=O) groups excluding carboxylic acids is 1. The van der Waals surface area contributed by atoms with Gasteiger partial charge in [0.25, 0.3) is 5.91 Å². The highest BCUT2D eigenvalue weighted by atomic mass is 16.6. The van der Waals surface area contributed by atoms with Crippen LogP contribution in [0, 0.1) is 13.8 Å². The van der Waals surface area contributed by atoms with E-state index in [1.807, 2.05) is 58.2 Å². The van der Waals surface area contributed by atoms with Gasteiger partial charge in [0, 0.05) is 19.2 Å². The van der Waals surface area contributed by atoms with Gasteiger partial charge in [0.05, 0.1) is 36.0 Å². The number of rotatable bonds is 6. The van der Waals surface area contributed by atoms with Crippen molar-refractivity contribution in [3.05, 3.63) is 53.0 Å². The van der Waals surface area contributed by atoms with Crippen molar-refractivity contribution in [1.82, 2.24) is 30.0 Å². The fourth-order valence-corrected chi connectivity index (χ4v) is 3.59. The zero-order valence-corrected chi connectivity index (χ0v) is 18.2. The van der Waals surface area contributed by atoms with Crippen LogP contribution in [0.1, 0.15) is 34.4 Å². The fraction of sp³-hybridized carbons (Fsp3) is 0.318. The zero-order chi connectivity index (χ0) is 22.1. The lowest BCUT2D eigenvalue weighted by Gasteiger charge is -2.20. The third-order valence-electron chi connectivity index (χ3n) is 5.34. The van der Waals surface area contributed by atoms with Gasteiger partial charge in [-0.2, -0.15) is 5.10 Å². The predicted molar refractivity (Wildman–Crippen MR) is 115 cm³/mol. The molecule has 0 unspecified atom stereocenters. The van der Waals surface area contributed by atoms with E-state index in [1.165, 1.54) is 0 Å². The standard InChI is InChI=1S/C22H24N6O3/c1-6-28(12-19-13(2)25-31-26-19)22(29)17-11-18(15-7-9-16(30-5)10-8-15)23-21-20(17)14(3)24-27(21)4/h7-11H,6,12H2,1-5H3. The van der Waals surface area contributed by atoms with E-state index >= 15 is 0 Å². The van der Waals surface area contributed by atoms with Gasteiger partial charge in [-0.15, -0.1) is 0 Å². The highest BCUT2D eigenvalue weighted by Gasteiger charge is 2.24. The van der Waals surface area contributed by atoms with Crippen molar-refractivity contribution in [3.8, 4) is 17.0 Å². The molecule has 0 aliphatic carbocycles. The zero-order valence-electron chi connectivity index (χ0n) is 18.2. The largest absolute Gasteiger partial charge is 0.497 e. The Labute approximate surface area is 179 Å². The molecule has 0 bridgehead atoms. The summed E-state index contributed by atoms with van der Waals surface area (Å²) in [6, 6.07) is 9.42. The van der Waals surface area contributed by atoms with Crippen LogP contribution in [-0.2, 0) is 13.6 Å². The van der Waals surface area contributed by atoms with Crippen LogP contribution in [0.3, 0.4) is 0 Å². The Kier molecular flexibility index (Phi) is 5.41. The molecule has 160 valence electrons. The highest BCUT2D eigenvalue weighted by Crippen LogP contribution is 2.29. The summed E-state index contributed by atoms with van der Waals surface area (Å²) < 4.78 is 11.7. The molecule has 0 radical (unpaired) electrons. The van der Waals surface area contributed by atoms with Gasteiger partial charge in [0.2, 0.25) is 0 Å². The van der Waals surface area contributed by atoms with E-state index in [9.17, 15) is 4.79 Å².